The van der Waals surface area contributed by atoms with Gasteiger partial charge in [0.05, 0.1) is 4.92 Å². The van der Waals surface area contributed by atoms with E-state index in [0.29, 0.717) is 5.75 Å². The van der Waals surface area contributed by atoms with Crippen molar-refractivity contribution in [2.24, 2.45) is 0 Å². The van der Waals surface area contributed by atoms with E-state index in [0.717, 1.165) is 5.56 Å². The molecule has 4 heteroatoms. The molecule has 0 bridgehead atoms. The molecule has 0 N–H and O–H groups in total. The van der Waals surface area contributed by atoms with Crippen LogP contribution in [0.5, 0.6) is 5.75 Å². The fourth-order valence-electron chi connectivity index (χ4n) is 2.64. The van der Waals surface area contributed by atoms with E-state index < -0.39 is 4.92 Å². The Kier molecular flexibility index (Phi) is 3.98. The number of allylic oxidation sites excluding steroid dienone is 2. The van der Waals surface area contributed by atoms with Crippen molar-refractivity contribution < 1.29 is 9.66 Å². The molecule has 0 saturated heterocycles. The third-order valence-corrected chi connectivity index (χ3v) is 4.10. The molecule has 0 spiro atoms. The molecule has 1 aliphatic rings. The summed E-state index contributed by atoms with van der Waals surface area (Å²) in [5, 5.41) is 10.7. The minimum Gasteiger partial charge on any atom is -0.482 e. The molecule has 0 fully saturated rings. The van der Waals surface area contributed by atoms with Crippen molar-refractivity contribution in [3.63, 3.8) is 0 Å². The molecule has 0 aromatic heterocycles. The fourth-order valence-corrected chi connectivity index (χ4v) is 2.64. The molecule has 0 amide bonds. The number of nitrogens with zero attached hydrogens (tertiary/aromatic N) is 1. The van der Waals surface area contributed by atoms with E-state index in [2.05, 4.69) is 32.1 Å². The first-order valence-electron chi connectivity index (χ1n) is 7.42. The Morgan fingerprint density at radius 3 is 2.48 bits per heavy atom. The Labute approximate surface area is 134 Å². The van der Waals surface area contributed by atoms with Crippen molar-refractivity contribution in [3.8, 4) is 5.75 Å². The summed E-state index contributed by atoms with van der Waals surface area (Å²) < 4.78 is 6.04. The number of nitro groups is 1. The molecule has 2 aromatic carbocycles. The van der Waals surface area contributed by atoms with Gasteiger partial charge < -0.3 is 4.74 Å². The Morgan fingerprint density at radius 1 is 1.04 bits per heavy atom. The van der Waals surface area contributed by atoms with Gasteiger partial charge in [-0.3, -0.25) is 10.1 Å². The van der Waals surface area contributed by atoms with Gasteiger partial charge in [0.15, 0.2) is 0 Å². The van der Waals surface area contributed by atoms with Crippen LogP contribution in [-0.2, 0) is 0 Å². The fraction of sp³-hybridized carbons (Fsp3) is 0.158. The number of ether oxygens (including phenoxy) is 1. The van der Waals surface area contributed by atoms with Gasteiger partial charge in [-0.25, -0.2) is 0 Å². The third kappa shape index (κ3) is 3.01. The Hall–Kier alpha value is -2.88. The van der Waals surface area contributed by atoms with E-state index in [1.807, 2.05) is 18.2 Å². The van der Waals surface area contributed by atoms with Crippen LogP contribution >= 0.6 is 0 Å². The molecule has 1 unspecified atom stereocenters. The molecule has 0 heterocycles. The van der Waals surface area contributed by atoms with Gasteiger partial charge >= 0.3 is 0 Å². The van der Waals surface area contributed by atoms with E-state index in [1.165, 1.54) is 28.8 Å². The Balaban J connectivity index is 1.93. The summed E-state index contributed by atoms with van der Waals surface area (Å²) in [6.45, 7) is 4.20. The molecule has 23 heavy (non-hydrogen) atoms. The number of aryl methyl sites for hydroxylation is 1. The summed E-state index contributed by atoms with van der Waals surface area (Å²) in [6.07, 6.45) is 7.82. The second kappa shape index (κ2) is 6.08. The first-order valence-corrected chi connectivity index (χ1v) is 7.42. The highest BCUT2D eigenvalue weighted by Gasteiger charge is 2.17. The zero-order valence-electron chi connectivity index (χ0n) is 13.0. The van der Waals surface area contributed by atoms with Crippen molar-refractivity contribution in [3.05, 3.63) is 87.0 Å². The molecule has 0 saturated carbocycles. The van der Waals surface area contributed by atoms with E-state index in [9.17, 15) is 10.1 Å². The first-order chi connectivity index (χ1) is 11.1. The number of hydrogen-bond donors (Lipinski definition) is 0. The highest BCUT2D eigenvalue weighted by atomic mass is 16.6. The largest absolute Gasteiger partial charge is 0.482 e. The van der Waals surface area contributed by atoms with Crippen LogP contribution in [-0.4, -0.2) is 4.92 Å². The van der Waals surface area contributed by atoms with Crippen LogP contribution in [0.3, 0.4) is 0 Å². The minimum absolute atomic E-state index is 0.0577. The quantitative estimate of drug-likeness (QED) is 0.597. The van der Waals surface area contributed by atoms with Crippen LogP contribution < -0.4 is 4.74 Å². The second-order valence-electron chi connectivity index (χ2n) is 5.54. The normalized spacial score (nSPS) is 15.8. The summed E-state index contributed by atoms with van der Waals surface area (Å²) in [5.74, 6) is 0.608. The topological polar surface area (TPSA) is 52.4 Å². The van der Waals surface area contributed by atoms with Crippen LogP contribution in [0, 0.1) is 24.0 Å². The maximum absolute atomic E-state index is 10.7. The highest BCUT2D eigenvalue weighted by Crippen LogP contribution is 2.32. The van der Waals surface area contributed by atoms with Gasteiger partial charge in [-0.2, -0.15) is 0 Å². The second-order valence-corrected chi connectivity index (χ2v) is 5.54. The zero-order chi connectivity index (χ0) is 16.4. The van der Waals surface area contributed by atoms with E-state index in [-0.39, 0.29) is 11.8 Å². The van der Waals surface area contributed by atoms with Crippen molar-refractivity contribution >= 4 is 11.8 Å². The van der Waals surface area contributed by atoms with Crippen LogP contribution in [0.4, 0.5) is 5.69 Å². The molecular weight excluding hydrogens is 290 g/mol. The molecular formula is C19H17NO3. The Bertz CT molecular complexity index is 804. The van der Waals surface area contributed by atoms with Crippen molar-refractivity contribution in [1.82, 2.24) is 0 Å². The molecule has 0 aliphatic heterocycles. The summed E-state index contributed by atoms with van der Waals surface area (Å²) in [6, 6.07) is 10.3. The lowest BCUT2D eigenvalue weighted by Gasteiger charge is -2.19. The average Bonchev–Trinajstić information content (AvgIpc) is 2.74. The van der Waals surface area contributed by atoms with Crippen molar-refractivity contribution in [2.75, 3.05) is 0 Å². The minimum atomic E-state index is -0.416. The van der Waals surface area contributed by atoms with Gasteiger partial charge in [0, 0.05) is 17.7 Å². The SMILES string of the molecule is Cc1ccc2c(c1C)C=CC=CC2Oc1ccc([N+](=O)[O-])cc1. The molecule has 2 aromatic rings. The number of nitro benzene ring substituents is 1. The lowest BCUT2D eigenvalue weighted by Crippen LogP contribution is -2.07. The predicted octanol–water partition coefficient (Wildman–Crippen LogP) is 4.91. The van der Waals surface area contributed by atoms with Crippen LogP contribution in [0.2, 0.25) is 0 Å². The molecule has 116 valence electrons. The average molecular weight is 307 g/mol. The van der Waals surface area contributed by atoms with Crippen molar-refractivity contribution in [2.45, 2.75) is 20.0 Å². The van der Waals surface area contributed by atoms with Gasteiger partial charge in [-0.1, -0.05) is 30.4 Å². The zero-order valence-corrected chi connectivity index (χ0v) is 13.0. The van der Waals surface area contributed by atoms with Gasteiger partial charge in [0.2, 0.25) is 0 Å². The lowest BCUT2D eigenvalue weighted by molar-refractivity contribution is -0.384. The monoisotopic (exact) mass is 307 g/mol. The van der Waals surface area contributed by atoms with E-state index in [1.54, 1.807) is 12.1 Å². The summed E-state index contributed by atoms with van der Waals surface area (Å²) in [5.41, 5.74) is 4.80. The standard InChI is InChI=1S/C19H17NO3/c1-13-7-12-18-17(14(13)2)5-3-4-6-19(18)23-16-10-8-15(9-11-16)20(21)22/h3-12,19H,1-2H3. The van der Waals surface area contributed by atoms with Gasteiger partial charge in [-0.05, 0) is 48.7 Å². The van der Waals surface area contributed by atoms with Crippen LogP contribution in [0.1, 0.15) is 28.4 Å². The van der Waals surface area contributed by atoms with E-state index >= 15 is 0 Å². The molecule has 1 aliphatic carbocycles. The molecule has 1 atom stereocenters. The van der Waals surface area contributed by atoms with Crippen LogP contribution in [0.25, 0.3) is 6.08 Å². The number of hydrogen-bond acceptors (Lipinski definition) is 3. The first kappa shape index (κ1) is 15.0. The van der Waals surface area contributed by atoms with Gasteiger partial charge in [-0.15, -0.1) is 0 Å². The number of benzene rings is 2. The number of rotatable bonds is 3. The maximum atomic E-state index is 10.7. The van der Waals surface area contributed by atoms with Gasteiger partial charge in [0.1, 0.15) is 11.9 Å². The summed E-state index contributed by atoms with van der Waals surface area (Å²) in [4.78, 5) is 10.3. The maximum Gasteiger partial charge on any atom is 0.269 e. The van der Waals surface area contributed by atoms with Crippen molar-refractivity contribution in [1.29, 1.82) is 0 Å². The highest BCUT2D eigenvalue weighted by molar-refractivity contribution is 5.63. The predicted molar refractivity (Wildman–Crippen MR) is 90.6 cm³/mol. The molecule has 0 radical (unpaired) electrons. The van der Waals surface area contributed by atoms with Crippen LogP contribution in [0.15, 0.2) is 54.6 Å². The molecule has 4 nitrogen and oxygen atoms in total. The molecule has 3 rings (SSSR count). The van der Waals surface area contributed by atoms with E-state index in [4.69, 9.17) is 4.74 Å². The van der Waals surface area contributed by atoms with Gasteiger partial charge in [0.25, 0.3) is 5.69 Å². The smallest absolute Gasteiger partial charge is 0.269 e. The summed E-state index contributed by atoms with van der Waals surface area (Å²) in [7, 11) is 0. The Morgan fingerprint density at radius 2 is 1.78 bits per heavy atom. The lowest BCUT2D eigenvalue weighted by atomic mass is 9.95. The number of fused-ring (bicyclic) bond motifs is 1. The number of non-ortho nitro benzene ring substituents is 1. The summed E-state index contributed by atoms with van der Waals surface area (Å²) >= 11 is 0. The third-order valence-electron chi connectivity index (χ3n) is 4.10.